The normalized spacial score (nSPS) is 12.9. The van der Waals surface area contributed by atoms with E-state index in [0.29, 0.717) is 0 Å². The Hall–Kier alpha value is -1.43. The number of anilines is 1. The predicted octanol–water partition coefficient (Wildman–Crippen LogP) is 4.08. The van der Waals surface area contributed by atoms with Gasteiger partial charge in [-0.3, -0.25) is 4.79 Å². The summed E-state index contributed by atoms with van der Waals surface area (Å²) in [7, 11) is 0. The van der Waals surface area contributed by atoms with Crippen molar-refractivity contribution in [3.63, 3.8) is 0 Å². The van der Waals surface area contributed by atoms with E-state index in [9.17, 15) is 18.0 Å². The van der Waals surface area contributed by atoms with Crippen LogP contribution in [0.25, 0.3) is 0 Å². The SMILES string of the molecule is CCCC(C)NC(=O)CNc1ccc(Cl)cc1C(F)(F)F. The third-order valence-corrected chi connectivity index (χ3v) is 3.09. The van der Waals surface area contributed by atoms with Crippen molar-refractivity contribution in [2.45, 2.75) is 38.9 Å². The number of carbonyl (C=O) groups is 1. The van der Waals surface area contributed by atoms with Crippen molar-refractivity contribution in [3.05, 3.63) is 28.8 Å². The van der Waals surface area contributed by atoms with Gasteiger partial charge >= 0.3 is 6.18 Å². The molecule has 1 aromatic rings. The molecule has 0 spiro atoms. The van der Waals surface area contributed by atoms with Gasteiger partial charge in [0.25, 0.3) is 0 Å². The van der Waals surface area contributed by atoms with Crippen LogP contribution in [0.15, 0.2) is 18.2 Å². The predicted molar refractivity (Wildman–Crippen MR) is 77.5 cm³/mol. The molecular weight excluding hydrogens is 305 g/mol. The molecule has 3 nitrogen and oxygen atoms in total. The molecule has 2 N–H and O–H groups in total. The highest BCUT2D eigenvalue weighted by Gasteiger charge is 2.33. The fourth-order valence-corrected chi connectivity index (χ4v) is 2.08. The van der Waals surface area contributed by atoms with E-state index in [-0.39, 0.29) is 29.2 Å². The van der Waals surface area contributed by atoms with E-state index in [1.165, 1.54) is 12.1 Å². The molecule has 0 radical (unpaired) electrons. The first-order chi connectivity index (χ1) is 9.74. The van der Waals surface area contributed by atoms with Crippen LogP contribution in [-0.4, -0.2) is 18.5 Å². The van der Waals surface area contributed by atoms with E-state index in [1.54, 1.807) is 0 Å². The lowest BCUT2D eigenvalue weighted by Gasteiger charge is -2.16. The number of rotatable bonds is 6. The van der Waals surface area contributed by atoms with Gasteiger partial charge in [-0.1, -0.05) is 24.9 Å². The Bertz CT molecular complexity index is 492. The molecule has 0 fully saturated rings. The van der Waals surface area contributed by atoms with Gasteiger partial charge < -0.3 is 10.6 Å². The zero-order valence-corrected chi connectivity index (χ0v) is 12.6. The molecule has 1 rings (SSSR count). The van der Waals surface area contributed by atoms with Gasteiger partial charge in [0.05, 0.1) is 12.1 Å². The van der Waals surface area contributed by atoms with Crippen LogP contribution in [0.4, 0.5) is 18.9 Å². The molecule has 0 aliphatic rings. The maximum atomic E-state index is 12.9. The van der Waals surface area contributed by atoms with Gasteiger partial charge in [-0.25, -0.2) is 0 Å². The van der Waals surface area contributed by atoms with E-state index < -0.39 is 11.7 Å². The van der Waals surface area contributed by atoms with E-state index in [2.05, 4.69) is 10.6 Å². The lowest BCUT2D eigenvalue weighted by atomic mass is 10.1. The standard InChI is InChI=1S/C14H18ClF3N2O/c1-3-4-9(2)20-13(21)8-19-12-6-5-10(15)7-11(12)14(16,17)18/h5-7,9,19H,3-4,8H2,1-2H3,(H,20,21). The molecule has 1 unspecified atom stereocenters. The first-order valence-electron chi connectivity index (χ1n) is 6.64. The molecule has 21 heavy (non-hydrogen) atoms. The number of halogens is 4. The summed E-state index contributed by atoms with van der Waals surface area (Å²) in [6.07, 6.45) is -2.79. The number of amides is 1. The van der Waals surface area contributed by atoms with Crippen LogP contribution in [0.5, 0.6) is 0 Å². The molecule has 118 valence electrons. The lowest BCUT2D eigenvalue weighted by molar-refractivity contribution is -0.137. The zero-order valence-electron chi connectivity index (χ0n) is 11.9. The second-order valence-electron chi connectivity index (χ2n) is 4.80. The Morgan fingerprint density at radius 1 is 1.38 bits per heavy atom. The second-order valence-corrected chi connectivity index (χ2v) is 5.23. The van der Waals surface area contributed by atoms with Crippen LogP contribution in [0.1, 0.15) is 32.3 Å². The van der Waals surface area contributed by atoms with Gasteiger partial charge in [0.1, 0.15) is 0 Å². The molecule has 1 atom stereocenters. The molecule has 0 aliphatic carbocycles. The average molecular weight is 323 g/mol. The summed E-state index contributed by atoms with van der Waals surface area (Å²) in [5, 5.41) is 5.21. The van der Waals surface area contributed by atoms with Gasteiger partial charge in [0, 0.05) is 16.8 Å². The smallest absolute Gasteiger partial charge is 0.376 e. The molecule has 1 amide bonds. The highest BCUT2D eigenvalue weighted by molar-refractivity contribution is 6.30. The van der Waals surface area contributed by atoms with Crippen molar-refractivity contribution in [3.8, 4) is 0 Å². The Morgan fingerprint density at radius 3 is 2.62 bits per heavy atom. The topological polar surface area (TPSA) is 41.1 Å². The van der Waals surface area contributed by atoms with Gasteiger partial charge in [0.2, 0.25) is 5.91 Å². The molecule has 1 aromatic carbocycles. The number of benzene rings is 1. The number of hydrogen-bond acceptors (Lipinski definition) is 2. The maximum absolute atomic E-state index is 12.9. The fourth-order valence-electron chi connectivity index (χ4n) is 1.91. The van der Waals surface area contributed by atoms with Crippen molar-refractivity contribution < 1.29 is 18.0 Å². The fraction of sp³-hybridized carbons (Fsp3) is 0.500. The van der Waals surface area contributed by atoms with E-state index in [0.717, 1.165) is 18.9 Å². The Kier molecular flexibility index (Phi) is 6.33. The largest absolute Gasteiger partial charge is 0.418 e. The molecule has 0 heterocycles. The number of nitrogens with one attached hydrogen (secondary N) is 2. The molecule has 0 saturated carbocycles. The van der Waals surface area contributed by atoms with E-state index in [1.807, 2.05) is 13.8 Å². The summed E-state index contributed by atoms with van der Waals surface area (Å²) >= 11 is 5.58. The van der Waals surface area contributed by atoms with Gasteiger partial charge in [-0.15, -0.1) is 0 Å². The monoisotopic (exact) mass is 322 g/mol. The molecular formula is C14H18ClF3N2O. The Labute approximate surface area is 126 Å². The highest BCUT2D eigenvalue weighted by Crippen LogP contribution is 2.36. The minimum Gasteiger partial charge on any atom is -0.376 e. The number of alkyl halides is 3. The molecule has 0 aliphatic heterocycles. The minimum atomic E-state index is -4.53. The van der Waals surface area contributed by atoms with Gasteiger partial charge in [-0.2, -0.15) is 13.2 Å². The molecule has 7 heteroatoms. The van der Waals surface area contributed by atoms with Gasteiger partial charge in [-0.05, 0) is 31.5 Å². The Morgan fingerprint density at radius 2 is 2.05 bits per heavy atom. The maximum Gasteiger partial charge on any atom is 0.418 e. The summed E-state index contributed by atoms with van der Waals surface area (Å²) < 4.78 is 38.6. The number of hydrogen-bond donors (Lipinski definition) is 2. The zero-order chi connectivity index (χ0) is 16.0. The third kappa shape index (κ3) is 5.83. The van der Waals surface area contributed by atoms with Crippen molar-refractivity contribution in [2.24, 2.45) is 0 Å². The van der Waals surface area contributed by atoms with Crippen molar-refractivity contribution in [1.82, 2.24) is 5.32 Å². The van der Waals surface area contributed by atoms with Crippen LogP contribution in [0.3, 0.4) is 0 Å². The first-order valence-corrected chi connectivity index (χ1v) is 7.01. The second kappa shape index (κ2) is 7.54. The minimum absolute atomic E-state index is 0.00314. The van der Waals surface area contributed by atoms with Crippen LogP contribution >= 0.6 is 11.6 Å². The quantitative estimate of drug-likeness (QED) is 0.828. The summed E-state index contributed by atoms with van der Waals surface area (Å²) in [6.45, 7) is 3.62. The third-order valence-electron chi connectivity index (χ3n) is 2.86. The van der Waals surface area contributed by atoms with E-state index in [4.69, 9.17) is 11.6 Å². The summed E-state index contributed by atoms with van der Waals surface area (Å²) in [5.41, 5.74) is -1.05. The average Bonchev–Trinajstić information content (AvgIpc) is 2.36. The molecule has 0 aromatic heterocycles. The van der Waals surface area contributed by atoms with Crippen molar-refractivity contribution in [2.75, 3.05) is 11.9 Å². The first kappa shape index (κ1) is 17.6. The Balaban J connectivity index is 2.69. The van der Waals surface area contributed by atoms with Crippen LogP contribution in [-0.2, 0) is 11.0 Å². The molecule has 0 bridgehead atoms. The van der Waals surface area contributed by atoms with Crippen LogP contribution in [0, 0.1) is 0 Å². The van der Waals surface area contributed by atoms with Crippen LogP contribution in [0.2, 0.25) is 5.02 Å². The van der Waals surface area contributed by atoms with Crippen molar-refractivity contribution in [1.29, 1.82) is 0 Å². The summed E-state index contributed by atoms with van der Waals surface area (Å²) in [4.78, 5) is 11.6. The lowest BCUT2D eigenvalue weighted by Crippen LogP contribution is -2.36. The molecule has 0 saturated heterocycles. The van der Waals surface area contributed by atoms with Crippen LogP contribution < -0.4 is 10.6 Å². The highest BCUT2D eigenvalue weighted by atomic mass is 35.5. The number of carbonyl (C=O) groups excluding carboxylic acids is 1. The summed E-state index contributed by atoms with van der Waals surface area (Å²) in [5.74, 6) is -0.348. The van der Waals surface area contributed by atoms with E-state index >= 15 is 0 Å². The summed E-state index contributed by atoms with van der Waals surface area (Å²) in [6, 6.07) is 3.39. The van der Waals surface area contributed by atoms with Crippen molar-refractivity contribution >= 4 is 23.2 Å². The van der Waals surface area contributed by atoms with Gasteiger partial charge in [0.15, 0.2) is 0 Å².